The Labute approximate surface area is 149 Å². The lowest BCUT2D eigenvalue weighted by molar-refractivity contribution is -0.155. The van der Waals surface area contributed by atoms with Crippen molar-refractivity contribution in [3.63, 3.8) is 0 Å². The molecule has 0 radical (unpaired) electrons. The van der Waals surface area contributed by atoms with Crippen molar-refractivity contribution in [2.24, 2.45) is 0 Å². The van der Waals surface area contributed by atoms with Crippen LogP contribution in [0.4, 0.5) is 10.1 Å². The van der Waals surface area contributed by atoms with Gasteiger partial charge in [-0.2, -0.15) is 0 Å². The number of benzene rings is 2. The first-order valence-corrected chi connectivity index (χ1v) is 7.88. The Morgan fingerprint density at radius 2 is 1.88 bits per heavy atom. The van der Waals surface area contributed by atoms with E-state index in [1.54, 1.807) is 25.1 Å². The zero-order valence-electron chi connectivity index (χ0n) is 13.7. The molecule has 0 bridgehead atoms. The normalized spacial score (nSPS) is 11.5. The van der Waals surface area contributed by atoms with Crippen LogP contribution in [-0.4, -0.2) is 24.6 Å². The first-order chi connectivity index (χ1) is 11.9. The predicted octanol–water partition coefficient (Wildman–Crippen LogP) is 3.74. The fraction of sp³-hybridized carbons (Fsp3) is 0.222. The van der Waals surface area contributed by atoms with Crippen LogP contribution in [0.15, 0.2) is 42.5 Å². The van der Waals surface area contributed by atoms with Gasteiger partial charge in [0.15, 0.2) is 12.7 Å². The molecular weight excluding hydrogens is 349 g/mol. The van der Waals surface area contributed by atoms with Crippen LogP contribution in [0.25, 0.3) is 0 Å². The Hall–Kier alpha value is -2.60. The summed E-state index contributed by atoms with van der Waals surface area (Å²) in [5.74, 6) is -1.28. The number of carbonyl (C=O) groups excluding carboxylic acids is 2. The van der Waals surface area contributed by atoms with Crippen molar-refractivity contribution < 1.29 is 23.5 Å². The number of anilines is 1. The van der Waals surface area contributed by atoms with Crippen LogP contribution in [0.1, 0.15) is 12.5 Å². The fourth-order valence-corrected chi connectivity index (χ4v) is 2.11. The van der Waals surface area contributed by atoms with Gasteiger partial charge in [0.05, 0.1) is 0 Å². The molecule has 25 heavy (non-hydrogen) atoms. The molecule has 2 aromatic carbocycles. The third-order valence-electron chi connectivity index (χ3n) is 3.37. The summed E-state index contributed by atoms with van der Waals surface area (Å²) in [6.07, 6.45) is -1.01. The Kier molecular flexibility index (Phi) is 6.36. The molecule has 7 heteroatoms. The van der Waals surface area contributed by atoms with Crippen molar-refractivity contribution in [3.8, 4) is 5.75 Å². The summed E-state index contributed by atoms with van der Waals surface area (Å²) in [6, 6.07) is 10.3. The van der Waals surface area contributed by atoms with Crippen molar-refractivity contribution in [3.05, 3.63) is 58.9 Å². The van der Waals surface area contributed by atoms with E-state index in [0.717, 1.165) is 5.56 Å². The van der Waals surface area contributed by atoms with Crippen molar-refractivity contribution in [2.75, 3.05) is 11.9 Å². The number of hydrogen-bond acceptors (Lipinski definition) is 4. The van der Waals surface area contributed by atoms with Crippen molar-refractivity contribution in [1.82, 2.24) is 0 Å². The number of esters is 1. The fourth-order valence-electron chi connectivity index (χ4n) is 1.94. The van der Waals surface area contributed by atoms with Gasteiger partial charge < -0.3 is 14.8 Å². The van der Waals surface area contributed by atoms with Gasteiger partial charge in [0.2, 0.25) is 0 Å². The van der Waals surface area contributed by atoms with Gasteiger partial charge in [-0.05, 0) is 55.8 Å². The lowest BCUT2D eigenvalue weighted by atomic mass is 10.2. The third kappa shape index (κ3) is 5.46. The molecule has 1 atom stereocenters. The summed E-state index contributed by atoms with van der Waals surface area (Å²) in [5.41, 5.74) is 1.26. The van der Waals surface area contributed by atoms with Crippen LogP contribution in [0.3, 0.4) is 0 Å². The smallest absolute Gasteiger partial charge is 0.344 e. The first kappa shape index (κ1) is 18.7. The molecule has 2 rings (SSSR count). The van der Waals surface area contributed by atoms with E-state index in [2.05, 4.69) is 5.32 Å². The number of carbonyl (C=O) groups is 2. The van der Waals surface area contributed by atoms with Gasteiger partial charge in [0.25, 0.3) is 5.91 Å². The summed E-state index contributed by atoms with van der Waals surface area (Å²) in [7, 11) is 0. The molecule has 1 N–H and O–H groups in total. The van der Waals surface area contributed by atoms with Crippen LogP contribution < -0.4 is 10.1 Å². The molecule has 5 nitrogen and oxygen atoms in total. The molecule has 132 valence electrons. The molecular formula is C18H17ClFNO4. The lowest BCUT2D eigenvalue weighted by Gasteiger charge is -2.15. The standard InChI is InChI=1S/C18H17ClFNO4/c1-11-15(19)4-3-5-16(11)21-18(23)12(2)25-17(22)10-24-14-8-6-13(20)7-9-14/h3-9,12H,10H2,1-2H3,(H,21,23)/t12-/m0/s1. The maximum Gasteiger partial charge on any atom is 0.344 e. The highest BCUT2D eigenvalue weighted by molar-refractivity contribution is 6.31. The minimum absolute atomic E-state index is 0.324. The SMILES string of the molecule is Cc1c(Cl)cccc1NC(=O)[C@H](C)OC(=O)COc1ccc(F)cc1. The summed E-state index contributed by atoms with van der Waals surface area (Å²) >= 11 is 5.99. The minimum atomic E-state index is -1.01. The minimum Gasteiger partial charge on any atom is -0.482 e. The number of ether oxygens (including phenoxy) is 2. The van der Waals surface area contributed by atoms with E-state index in [-0.39, 0.29) is 6.61 Å². The molecule has 0 aliphatic heterocycles. The van der Waals surface area contributed by atoms with Gasteiger partial charge in [-0.1, -0.05) is 17.7 Å². The highest BCUT2D eigenvalue weighted by atomic mass is 35.5. The van der Waals surface area contributed by atoms with Crippen LogP contribution in [0.5, 0.6) is 5.75 Å². The van der Waals surface area contributed by atoms with Gasteiger partial charge in [-0.15, -0.1) is 0 Å². The number of hydrogen-bond donors (Lipinski definition) is 1. The molecule has 0 saturated carbocycles. The monoisotopic (exact) mass is 365 g/mol. The average molecular weight is 366 g/mol. The molecule has 0 aromatic heterocycles. The highest BCUT2D eigenvalue weighted by Gasteiger charge is 2.19. The van der Waals surface area contributed by atoms with Gasteiger partial charge in [0.1, 0.15) is 11.6 Å². The average Bonchev–Trinajstić information content (AvgIpc) is 2.58. The highest BCUT2D eigenvalue weighted by Crippen LogP contribution is 2.23. The maximum absolute atomic E-state index is 12.8. The van der Waals surface area contributed by atoms with Gasteiger partial charge in [-0.3, -0.25) is 4.79 Å². The topological polar surface area (TPSA) is 64.6 Å². The van der Waals surface area contributed by atoms with E-state index in [0.29, 0.717) is 16.5 Å². The molecule has 1 amide bonds. The number of halogens is 2. The predicted molar refractivity (Wildman–Crippen MR) is 92.3 cm³/mol. The molecule has 0 spiro atoms. The quantitative estimate of drug-likeness (QED) is 0.792. The molecule has 0 unspecified atom stereocenters. The van der Waals surface area contributed by atoms with E-state index in [9.17, 15) is 14.0 Å². The zero-order valence-corrected chi connectivity index (χ0v) is 14.5. The molecule has 0 saturated heterocycles. The van der Waals surface area contributed by atoms with Crippen LogP contribution in [-0.2, 0) is 14.3 Å². The maximum atomic E-state index is 12.8. The molecule has 0 fully saturated rings. The summed E-state index contributed by atoms with van der Waals surface area (Å²) in [4.78, 5) is 23.9. The van der Waals surface area contributed by atoms with E-state index in [1.165, 1.54) is 31.2 Å². The summed E-state index contributed by atoms with van der Waals surface area (Å²) in [5, 5.41) is 3.18. The van der Waals surface area contributed by atoms with E-state index >= 15 is 0 Å². The van der Waals surface area contributed by atoms with E-state index in [4.69, 9.17) is 21.1 Å². The second-order valence-electron chi connectivity index (χ2n) is 5.28. The van der Waals surface area contributed by atoms with Gasteiger partial charge in [0, 0.05) is 10.7 Å². The number of amides is 1. The summed E-state index contributed by atoms with van der Waals surface area (Å²) in [6.45, 7) is 2.83. The second-order valence-corrected chi connectivity index (χ2v) is 5.68. The van der Waals surface area contributed by atoms with E-state index in [1.807, 2.05) is 0 Å². The number of rotatable bonds is 6. The van der Waals surface area contributed by atoms with Gasteiger partial charge >= 0.3 is 5.97 Å². The zero-order chi connectivity index (χ0) is 18.4. The second kappa shape index (κ2) is 8.48. The Morgan fingerprint density at radius 1 is 1.20 bits per heavy atom. The largest absolute Gasteiger partial charge is 0.482 e. The molecule has 0 aliphatic rings. The molecule has 0 aliphatic carbocycles. The van der Waals surface area contributed by atoms with Crippen molar-refractivity contribution in [1.29, 1.82) is 0 Å². The molecule has 2 aromatic rings. The Morgan fingerprint density at radius 3 is 2.56 bits per heavy atom. The third-order valence-corrected chi connectivity index (χ3v) is 3.78. The van der Waals surface area contributed by atoms with Crippen LogP contribution in [0, 0.1) is 12.7 Å². The summed E-state index contributed by atoms with van der Waals surface area (Å²) < 4.78 is 23.0. The molecule has 0 heterocycles. The van der Waals surface area contributed by atoms with Crippen LogP contribution in [0.2, 0.25) is 5.02 Å². The van der Waals surface area contributed by atoms with Crippen molar-refractivity contribution in [2.45, 2.75) is 20.0 Å². The lowest BCUT2D eigenvalue weighted by Crippen LogP contribution is -2.31. The Bertz CT molecular complexity index is 764. The number of nitrogens with one attached hydrogen (secondary N) is 1. The Balaban J connectivity index is 1.84. The van der Waals surface area contributed by atoms with Crippen LogP contribution >= 0.6 is 11.6 Å². The van der Waals surface area contributed by atoms with Gasteiger partial charge in [-0.25, -0.2) is 9.18 Å². The first-order valence-electron chi connectivity index (χ1n) is 7.50. The van der Waals surface area contributed by atoms with E-state index < -0.39 is 23.8 Å². The van der Waals surface area contributed by atoms with Crippen molar-refractivity contribution >= 4 is 29.2 Å².